The van der Waals surface area contributed by atoms with Crippen molar-refractivity contribution in [1.29, 1.82) is 0 Å². The van der Waals surface area contributed by atoms with E-state index in [1.54, 1.807) is 12.7 Å². The van der Waals surface area contributed by atoms with Crippen molar-refractivity contribution in [3.63, 3.8) is 0 Å². The number of nitrogens with zero attached hydrogens (tertiary/aromatic N) is 6. The first-order valence-corrected chi connectivity index (χ1v) is 7.60. The van der Waals surface area contributed by atoms with Gasteiger partial charge in [0.25, 0.3) is 0 Å². The molecule has 1 atom stereocenters. The van der Waals surface area contributed by atoms with E-state index in [4.69, 9.17) is 0 Å². The van der Waals surface area contributed by atoms with Crippen LogP contribution in [0.5, 0.6) is 0 Å². The Kier molecular flexibility index (Phi) is 1.90. The predicted molar refractivity (Wildman–Crippen MR) is 76.1 cm³/mol. The fourth-order valence-corrected chi connectivity index (χ4v) is 4.70. The van der Waals surface area contributed by atoms with Crippen LogP contribution in [0.3, 0.4) is 0 Å². The Balaban J connectivity index is 2.05. The molecule has 20 heavy (non-hydrogen) atoms. The van der Waals surface area contributed by atoms with E-state index in [-0.39, 0.29) is 0 Å². The van der Waals surface area contributed by atoms with E-state index in [2.05, 4.69) is 31.7 Å². The number of hydrogen-bond donors (Lipinski definition) is 0. The van der Waals surface area contributed by atoms with Gasteiger partial charge >= 0.3 is 0 Å². The first-order valence-electron chi connectivity index (χ1n) is 6.78. The van der Waals surface area contributed by atoms with Gasteiger partial charge in [-0.05, 0) is 30.7 Å². The van der Waals surface area contributed by atoms with Crippen molar-refractivity contribution in [3.8, 4) is 0 Å². The second-order valence-corrected chi connectivity index (χ2v) is 6.64. The van der Waals surface area contributed by atoms with Crippen molar-refractivity contribution < 1.29 is 0 Å². The van der Waals surface area contributed by atoms with Crippen LogP contribution in [0.25, 0.3) is 21.6 Å². The molecule has 0 saturated carbocycles. The molecule has 0 unspecified atom stereocenters. The second-order valence-electron chi connectivity index (χ2n) is 5.56. The van der Waals surface area contributed by atoms with Gasteiger partial charge < -0.3 is 0 Å². The summed E-state index contributed by atoms with van der Waals surface area (Å²) in [5.74, 6) is 1.55. The van der Waals surface area contributed by atoms with Crippen molar-refractivity contribution in [2.75, 3.05) is 0 Å². The highest BCUT2D eigenvalue weighted by Gasteiger charge is 2.24. The van der Waals surface area contributed by atoms with Crippen LogP contribution in [-0.2, 0) is 12.8 Å². The van der Waals surface area contributed by atoms with E-state index in [1.165, 1.54) is 33.5 Å². The molecule has 0 aromatic carbocycles. The van der Waals surface area contributed by atoms with Crippen LogP contribution in [0, 0.1) is 5.92 Å². The Hall–Kier alpha value is -2.02. The zero-order valence-corrected chi connectivity index (χ0v) is 11.8. The Morgan fingerprint density at radius 2 is 2.05 bits per heavy atom. The topological polar surface area (TPSA) is 60.4 Å². The Morgan fingerprint density at radius 3 is 3.00 bits per heavy atom. The van der Waals surface area contributed by atoms with E-state index < -0.39 is 0 Å². The smallest absolute Gasteiger partial charge is 0.243 e. The van der Waals surface area contributed by atoms with Crippen molar-refractivity contribution in [2.24, 2.45) is 5.92 Å². The third-order valence-corrected chi connectivity index (χ3v) is 5.48. The Bertz CT molecular complexity index is 962. The summed E-state index contributed by atoms with van der Waals surface area (Å²) in [6, 6.07) is 0. The van der Waals surface area contributed by atoms with Gasteiger partial charge in [-0.1, -0.05) is 6.92 Å². The molecule has 0 saturated heterocycles. The van der Waals surface area contributed by atoms with E-state index >= 15 is 0 Å². The number of fused-ring (bicyclic) bond motifs is 8. The molecule has 0 bridgehead atoms. The van der Waals surface area contributed by atoms with Gasteiger partial charge in [-0.25, -0.2) is 4.40 Å². The maximum absolute atomic E-state index is 4.31. The average molecular weight is 284 g/mol. The number of rotatable bonds is 0. The van der Waals surface area contributed by atoms with Crippen LogP contribution in [-0.4, -0.2) is 29.2 Å². The van der Waals surface area contributed by atoms with E-state index in [9.17, 15) is 0 Å². The van der Waals surface area contributed by atoms with E-state index in [0.717, 1.165) is 23.8 Å². The third kappa shape index (κ3) is 1.19. The molecule has 4 aromatic heterocycles. The van der Waals surface area contributed by atoms with Gasteiger partial charge in [0.2, 0.25) is 5.78 Å². The predicted octanol–water partition coefficient (Wildman–Crippen LogP) is 2.11. The molecule has 0 radical (unpaired) electrons. The van der Waals surface area contributed by atoms with Crippen LogP contribution >= 0.6 is 11.3 Å². The second kappa shape index (κ2) is 3.54. The number of aryl methyl sites for hydroxylation is 1. The summed E-state index contributed by atoms with van der Waals surface area (Å²) in [7, 11) is 0. The highest BCUT2D eigenvalue weighted by atomic mass is 32.1. The average Bonchev–Trinajstić information content (AvgIpc) is 3.14. The minimum Gasteiger partial charge on any atom is -0.257 e. The molecule has 4 aromatic rings. The lowest BCUT2D eigenvalue weighted by Gasteiger charge is -2.17. The lowest BCUT2D eigenvalue weighted by atomic mass is 9.89. The third-order valence-electron chi connectivity index (χ3n) is 4.23. The standard InChI is InChI=1S/C13H12N6S/c1-7-2-3-8-9(4-7)20-12-10(8)11-16-14-5-18(11)13-17-15-6-19(12)13/h5-7H,2-4H2,1H3/t7-/m1/s1. The van der Waals surface area contributed by atoms with E-state index in [0.29, 0.717) is 0 Å². The van der Waals surface area contributed by atoms with Crippen molar-refractivity contribution >= 4 is 33.0 Å². The quantitative estimate of drug-likeness (QED) is 0.496. The fraction of sp³-hybridized carbons (Fsp3) is 0.385. The minimum absolute atomic E-state index is 0.765. The molecular formula is C13H12N6S. The minimum atomic E-state index is 0.765. The number of thiophene rings is 1. The summed E-state index contributed by atoms with van der Waals surface area (Å²) >= 11 is 1.86. The summed E-state index contributed by atoms with van der Waals surface area (Å²) in [5, 5.41) is 17.9. The molecule has 100 valence electrons. The molecule has 4 heterocycles. The summed E-state index contributed by atoms with van der Waals surface area (Å²) in [6.45, 7) is 2.33. The molecule has 0 amide bonds. The highest BCUT2D eigenvalue weighted by molar-refractivity contribution is 7.19. The van der Waals surface area contributed by atoms with Gasteiger partial charge in [0.1, 0.15) is 17.5 Å². The lowest BCUT2D eigenvalue weighted by molar-refractivity contribution is 0.509. The lowest BCUT2D eigenvalue weighted by Crippen LogP contribution is -2.08. The SMILES string of the molecule is C[C@@H]1CCc2c(sc3c2c2nncn2c2nncn32)C1. The van der Waals surface area contributed by atoms with Gasteiger partial charge in [-0.3, -0.25) is 4.40 Å². The van der Waals surface area contributed by atoms with Gasteiger partial charge in [0.05, 0.1) is 5.39 Å². The van der Waals surface area contributed by atoms with Crippen LogP contribution in [0.15, 0.2) is 12.7 Å². The Labute approximate surface area is 118 Å². The number of aromatic nitrogens is 6. The summed E-state index contributed by atoms with van der Waals surface area (Å²) < 4.78 is 3.99. The molecule has 0 N–H and O–H groups in total. The Morgan fingerprint density at radius 1 is 1.20 bits per heavy atom. The normalized spacial score (nSPS) is 19.1. The molecule has 0 aliphatic heterocycles. The molecule has 0 spiro atoms. The zero-order chi connectivity index (χ0) is 13.3. The molecule has 0 fully saturated rings. The first-order chi connectivity index (χ1) is 9.83. The van der Waals surface area contributed by atoms with E-state index in [1.807, 2.05) is 15.7 Å². The van der Waals surface area contributed by atoms with Gasteiger partial charge in [0, 0.05) is 4.88 Å². The summed E-state index contributed by atoms with van der Waals surface area (Å²) in [6.07, 6.45) is 7.04. The van der Waals surface area contributed by atoms with Gasteiger partial charge in [-0.15, -0.1) is 31.7 Å². The van der Waals surface area contributed by atoms with Gasteiger partial charge in [-0.2, -0.15) is 0 Å². The summed E-state index contributed by atoms with van der Waals surface area (Å²) in [5.41, 5.74) is 2.37. The van der Waals surface area contributed by atoms with Gasteiger partial charge in [0.15, 0.2) is 5.65 Å². The molecular weight excluding hydrogens is 272 g/mol. The van der Waals surface area contributed by atoms with Crippen molar-refractivity contribution in [1.82, 2.24) is 29.2 Å². The fourth-order valence-electron chi connectivity index (χ4n) is 3.22. The maximum Gasteiger partial charge on any atom is 0.243 e. The molecule has 1 aliphatic carbocycles. The van der Waals surface area contributed by atoms with Crippen LogP contribution in [0.2, 0.25) is 0 Å². The highest BCUT2D eigenvalue weighted by Crippen LogP contribution is 2.39. The monoisotopic (exact) mass is 284 g/mol. The molecule has 6 nitrogen and oxygen atoms in total. The zero-order valence-electron chi connectivity index (χ0n) is 10.9. The van der Waals surface area contributed by atoms with Crippen LogP contribution in [0.1, 0.15) is 23.8 Å². The molecule has 1 aliphatic rings. The number of hydrogen-bond acceptors (Lipinski definition) is 5. The van der Waals surface area contributed by atoms with Crippen molar-refractivity contribution in [3.05, 3.63) is 23.1 Å². The molecule has 5 rings (SSSR count). The summed E-state index contributed by atoms with van der Waals surface area (Å²) in [4.78, 5) is 2.69. The van der Waals surface area contributed by atoms with Crippen molar-refractivity contribution in [2.45, 2.75) is 26.2 Å². The van der Waals surface area contributed by atoms with Crippen LogP contribution in [0.4, 0.5) is 0 Å². The molecule has 7 heteroatoms. The first kappa shape index (κ1) is 10.7. The largest absolute Gasteiger partial charge is 0.257 e. The maximum atomic E-state index is 4.31. The van der Waals surface area contributed by atoms with Crippen LogP contribution < -0.4 is 0 Å².